The lowest BCUT2D eigenvalue weighted by Gasteiger charge is -2.11. The summed E-state index contributed by atoms with van der Waals surface area (Å²) in [5.74, 6) is -1.22. The zero-order chi connectivity index (χ0) is 10.2. The summed E-state index contributed by atoms with van der Waals surface area (Å²) in [4.78, 5) is 0. The highest BCUT2D eigenvalue weighted by molar-refractivity contribution is 5.28. The van der Waals surface area contributed by atoms with Crippen molar-refractivity contribution >= 4 is 0 Å². The lowest BCUT2D eigenvalue weighted by Crippen LogP contribution is -2.13. The van der Waals surface area contributed by atoms with Crippen LogP contribution in [-0.4, -0.2) is 18.3 Å². The maximum absolute atomic E-state index is 13.3. The van der Waals surface area contributed by atoms with Gasteiger partial charge in [0.1, 0.15) is 17.2 Å². The van der Waals surface area contributed by atoms with Crippen LogP contribution in [0.15, 0.2) is 18.2 Å². The van der Waals surface area contributed by atoms with Gasteiger partial charge in [0, 0.05) is 24.7 Å². The maximum Gasteiger partial charge on any atom is 0.132 e. The number of aliphatic hydroxyl groups is 1. The van der Waals surface area contributed by atoms with Gasteiger partial charge in [-0.15, -0.1) is 0 Å². The molecule has 1 aliphatic rings. The van der Waals surface area contributed by atoms with Gasteiger partial charge >= 0.3 is 0 Å². The zero-order valence-corrected chi connectivity index (χ0v) is 7.46. The maximum atomic E-state index is 13.3. The number of hydrogen-bond acceptors (Lipinski definition) is 2. The molecule has 1 fully saturated rings. The van der Waals surface area contributed by atoms with Crippen molar-refractivity contribution < 1.29 is 18.6 Å². The lowest BCUT2D eigenvalue weighted by atomic mass is 9.96. The number of rotatable bonds is 3. The van der Waals surface area contributed by atoms with Crippen LogP contribution in [0, 0.1) is 11.6 Å². The van der Waals surface area contributed by atoms with Gasteiger partial charge in [0.25, 0.3) is 0 Å². The zero-order valence-electron chi connectivity index (χ0n) is 7.46. The Hall–Kier alpha value is -1.00. The lowest BCUT2D eigenvalue weighted by molar-refractivity contribution is 0.211. The summed E-state index contributed by atoms with van der Waals surface area (Å²) >= 11 is 0. The van der Waals surface area contributed by atoms with Crippen molar-refractivity contribution in [3.63, 3.8) is 0 Å². The van der Waals surface area contributed by atoms with Crippen molar-refractivity contribution in [1.82, 2.24) is 0 Å². The first-order valence-corrected chi connectivity index (χ1v) is 4.38. The van der Waals surface area contributed by atoms with E-state index in [9.17, 15) is 8.78 Å². The molecule has 76 valence electrons. The standard InChI is InChI=1S/C10H10F2O2/c11-7-1-2-8(9(12)5-7)10(3-4-13)6-14-10/h1-2,5,13H,3-4,6H2/t10-/m1/s1. The molecule has 0 saturated carbocycles. The first-order valence-electron chi connectivity index (χ1n) is 4.38. The molecular weight excluding hydrogens is 190 g/mol. The third-order valence-corrected chi connectivity index (χ3v) is 2.43. The molecule has 0 aliphatic carbocycles. The first kappa shape index (κ1) is 9.55. The highest BCUT2D eigenvalue weighted by Crippen LogP contribution is 2.42. The molecule has 14 heavy (non-hydrogen) atoms. The number of aliphatic hydroxyl groups excluding tert-OH is 1. The van der Waals surface area contributed by atoms with Gasteiger partial charge in [-0.05, 0) is 6.07 Å². The van der Waals surface area contributed by atoms with Crippen LogP contribution in [0.3, 0.4) is 0 Å². The molecule has 1 aromatic carbocycles. The monoisotopic (exact) mass is 200 g/mol. The van der Waals surface area contributed by atoms with Crippen LogP contribution in [0.5, 0.6) is 0 Å². The second kappa shape index (κ2) is 3.29. The van der Waals surface area contributed by atoms with Crippen LogP contribution >= 0.6 is 0 Å². The topological polar surface area (TPSA) is 32.8 Å². The minimum absolute atomic E-state index is 0.0726. The molecule has 2 nitrogen and oxygen atoms in total. The van der Waals surface area contributed by atoms with E-state index in [2.05, 4.69) is 0 Å². The fourth-order valence-corrected chi connectivity index (χ4v) is 1.56. The Morgan fingerprint density at radius 3 is 2.64 bits per heavy atom. The van der Waals surface area contributed by atoms with E-state index in [1.165, 1.54) is 12.1 Å². The second-order valence-corrected chi connectivity index (χ2v) is 3.38. The molecule has 0 bridgehead atoms. The molecule has 1 N–H and O–H groups in total. The number of benzene rings is 1. The Kier molecular flexibility index (Phi) is 2.25. The molecule has 1 heterocycles. The van der Waals surface area contributed by atoms with Crippen molar-refractivity contribution in [3.8, 4) is 0 Å². The molecule has 0 aromatic heterocycles. The van der Waals surface area contributed by atoms with Crippen molar-refractivity contribution in [3.05, 3.63) is 35.4 Å². The van der Waals surface area contributed by atoms with Crippen LogP contribution in [0.2, 0.25) is 0 Å². The second-order valence-electron chi connectivity index (χ2n) is 3.38. The normalized spacial score (nSPS) is 25.1. The van der Waals surface area contributed by atoms with E-state index in [1.54, 1.807) is 0 Å². The van der Waals surface area contributed by atoms with E-state index in [-0.39, 0.29) is 6.61 Å². The Labute approximate surface area is 80.1 Å². The fraction of sp³-hybridized carbons (Fsp3) is 0.400. The predicted molar refractivity (Wildman–Crippen MR) is 45.7 cm³/mol. The van der Waals surface area contributed by atoms with Crippen molar-refractivity contribution in [2.75, 3.05) is 13.2 Å². The Morgan fingerprint density at radius 1 is 1.43 bits per heavy atom. The third kappa shape index (κ3) is 1.51. The molecule has 0 radical (unpaired) electrons. The molecule has 2 rings (SSSR count). The minimum Gasteiger partial charge on any atom is -0.396 e. The van der Waals surface area contributed by atoms with Crippen LogP contribution in [0.4, 0.5) is 8.78 Å². The SMILES string of the molecule is OCC[C@]1(c2ccc(F)cc2F)CO1. The van der Waals surface area contributed by atoms with Crippen LogP contribution < -0.4 is 0 Å². The Balaban J connectivity index is 2.32. The summed E-state index contributed by atoms with van der Waals surface area (Å²) in [6, 6.07) is 3.39. The molecule has 1 aliphatic heterocycles. The molecule has 1 aromatic rings. The average molecular weight is 200 g/mol. The van der Waals surface area contributed by atoms with Crippen molar-refractivity contribution in [2.45, 2.75) is 12.0 Å². The predicted octanol–water partition coefficient (Wildman–Crippen LogP) is 1.57. The molecule has 0 unspecified atom stereocenters. The van der Waals surface area contributed by atoms with Gasteiger partial charge in [0.05, 0.1) is 6.61 Å². The molecule has 1 atom stereocenters. The molecular formula is C10H10F2O2. The van der Waals surface area contributed by atoms with Crippen molar-refractivity contribution in [1.29, 1.82) is 0 Å². The van der Waals surface area contributed by atoms with E-state index in [1.807, 2.05) is 0 Å². The molecule has 0 amide bonds. The first-order chi connectivity index (χ1) is 6.68. The van der Waals surface area contributed by atoms with E-state index < -0.39 is 17.2 Å². The van der Waals surface area contributed by atoms with E-state index in [0.29, 0.717) is 18.6 Å². The van der Waals surface area contributed by atoms with Gasteiger partial charge in [-0.2, -0.15) is 0 Å². The summed E-state index contributed by atoms with van der Waals surface area (Å²) in [6.45, 7) is 0.312. The summed E-state index contributed by atoms with van der Waals surface area (Å²) in [7, 11) is 0. The van der Waals surface area contributed by atoms with Gasteiger partial charge in [0.15, 0.2) is 0 Å². The van der Waals surface area contributed by atoms with Crippen molar-refractivity contribution in [2.24, 2.45) is 0 Å². The summed E-state index contributed by atoms with van der Waals surface area (Å²) in [5.41, 5.74) is -0.389. The Bertz CT molecular complexity index is 348. The van der Waals surface area contributed by atoms with Gasteiger partial charge in [-0.3, -0.25) is 0 Å². The largest absolute Gasteiger partial charge is 0.396 e. The van der Waals surface area contributed by atoms with Crippen LogP contribution in [0.25, 0.3) is 0 Å². The van der Waals surface area contributed by atoms with E-state index in [0.717, 1.165) is 6.07 Å². The smallest absolute Gasteiger partial charge is 0.132 e. The molecule has 1 saturated heterocycles. The third-order valence-electron chi connectivity index (χ3n) is 2.43. The van der Waals surface area contributed by atoms with Gasteiger partial charge in [-0.25, -0.2) is 8.78 Å². The summed E-state index contributed by atoms with van der Waals surface area (Å²) in [6.07, 6.45) is 0.343. The number of epoxide rings is 1. The van der Waals surface area contributed by atoms with Crippen LogP contribution in [-0.2, 0) is 10.3 Å². The van der Waals surface area contributed by atoms with E-state index >= 15 is 0 Å². The highest BCUT2D eigenvalue weighted by atomic mass is 19.1. The minimum atomic E-state index is -0.716. The number of halogens is 2. The number of hydrogen-bond donors (Lipinski definition) is 1. The Morgan fingerprint density at radius 2 is 2.14 bits per heavy atom. The fourth-order valence-electron chi connectivity index (χ4n) is 1.56. The molecule has 4 heteroatoms. The van der Waals surface area contributed by atoms with E-state index in [4.69, 9.17) is 9.84 Å². The van der Waals surface area contributed by atoms with Gasteiger partial charge in [-0.1, -0.05) is 6.07 Å². The summed E-state index contributed by atoms with van der Waals surface area (Å²) < 4.78 is 31.0. The molecule has 0 spiro atoms. The van der Waals surface area contributed by atoms with Crippen LogP contribution in [0.1, 0.15) is 12.0 Å². The quantitative estimate of drug-likeness (QED) is 0.751. The van der Waals surface area contributed by atoms with Gasteiger partial charge < -0.3 is 9.84 Å². The highest BCUT2D eigenvalue weighted by Gasteiger charge is 2.47. The summed E-state index contributed by atoms with van der Waals surface area (Å²) in [5, 5.41) is 8.77. The average Bonchev–Trinajstić information content (AvgIpc) is 2.86. The van der Waals surface area contributed by atoms with Gasteiger partial charge in [0.2, 0.25) is 0 Å². The number of ether oxygens (including phenoxy) is 1.